The maximum Gasteiger partial charge on any atom is 0.274 e. The summed E-state index contributed by atoms with van der Waals surface area (Å²) >= 11 is 0. The molecule has 0 aromatic carbocycles. The van der Waals surface area contributed by atoms with Crippen LogP contribution in [0.1, 0.15) is 0 Å². The van der Waals surface area contributed by atoms with Crippen molar-refractivity contribution in [3.63, 3.8) is 0 Å². The first-order valence-electron chi connectivity index (χ1n) is 4.44. The molecule has 0 unspecified atom stereocenters. The minimum Gasteiger partial charge on any atom is -0.472 e. The van der Waals surface area contributed by atoms with Gasteiger partial charge in [-0.3, -0.25) is 4.79 Å². The van der Waals surface area contributed by atoms with Gasteiger partial charge in [-0.25, -0.2) is 0 Å². The molecule has 0 radical (unpaired) electrons. The average Bonchev–Trinajstić information content (AvgIpc) is 2.88. The van der Waals surface area contributed by atoms with E-state index in [1.165, 1.54) is 10.6 Å². The third kappa shape index (κ3) is 1.17. The van der Waals surface area contributed by atoms with Gasteiger partial charge in [-0.15, -0.1) is 0 Å². The SMILES string of the molecule is O=c1cc(-c2ccoc2)[nH]c2ccnn12. The van der Waals surface area contributed by atoms with Crippen LogP contribution in [0.4, 0.5) is 0 Å². The Bertz CT molecular complexity index is 649. The molecule has 3 rings (SSSR count). The summed E-state index contributed by atoms with van der Waals surface area (Å²) in [5.41, 5.74) is 2.07. The number of hydrogen-bond donors (Lipinski definition) is 1. The summed E-state index contributed by atoms with van der Waals surface area (Å²) in [6.07, 6.45) is 4.72. The molecule has 1 N–H and O–H groups in total. The Morgan fingerprint density at radius 1 is 1.40 bits per heavy atom. The molecule has 0 saturated heterocycles. The fraction of sp³-hybridized carbons (Fsp3) is 0. The van der Waals surface area contributed by atoms with Crippen molar-refractivity contribution in [3.05, 3.63) is 47.3 Å². The number of aromatic nitrogens is 3. The lowest BCUT2D eigenvalue weighted by Crippen LogP contribution is -2.13. The number of fused-ring (bicyclic) bond motifs is 1. The Morgan fingerprint density at radius 3 is 3.13 bits per heavy atom. The van der Waals surface area contributed by atoms with Crippen LogP contribution in [0.5, 0.6) is 0 Å². The topological polar surface area (TPSA) is 63.3 Å². The Labute approximate surface area is 84.0 Å². The van der Waals surface area contributed by atoms with Crippen LogP contribution in [0.25, 0.3) is 16.9 Å². The summed E-state index contributed by atoms with van der Waals surface area (Å²) in [5, 5.41) is 3.89. The first-order valence-corrected chi connectivity index (χ1v) is 4.44. The molecule has 0 saturated carbocycles. The van der Waals surface area contributed by atoms with Crippen molar-refractivity contribution in [1.29, 1.82) is 0 Å². The minimum atomic E-state index is -0.162. The van der Waals surface area contributed by atoms with Crippen LogP contribution >= 0.6 is 0 Å². The maximum atomic E-state index is 11.6. The molecule has 3 aromatic heterocycles. The molecule has 5 heteroatoms. The molecule has 3 aromatic rings. The monoisotopic (exact) mass is 201 g/mol. The van der Waals surface area contributed by atoms with Gasteiger partial charge in [0.25, 0.3) is 5.56 Å². The van der Waals surface area contributed by atoms with Gasteiger partial charge in [-0.05, 0) is 6.07 Å². The number of hydrogen-bond acceptors (Lipinski definition) is 3. The zero-order chi connectivity index (χ0) is 10.3. The normalized spacial score (nSPS) is 10.9. The highest BCUT2D eigenvalue weighted by Crippen LogP contribution is 2.15. The molecule has 5 nitrogen and oxygen atoms in total. The first kappa shape index (κ1) is 8.05. The van der Waals surface area contributed by atoms with E-state index in [-0.39, 0.29) is 5.56 Å². The number of aromatic amines is 1. The Balaban J connectivity index is 2.34. The van der Waals surface area contributed by atoms with E-state index in [1.54, 1.807) is 30.9 Å². The van der Waals surface area contributed by atoms with Crippen molar-refractivity contribution < 1.29 is 4.42 Å². The fourth-order valence-corrected chi connectivity index (χ4v) is 1.51. The smallest absolute Gasteiger partial charge is 0.274 e. The van der Waals surface area contributed by atoms with Gasteiger partial charge in [-0.2, -0.15) is 9.61 Å². The molecule has 15 heavy (non-hydrogen) atoms. The van der Waals surface area contributed by atoms with Gasteiger partial charge in [-0.1, -0.05) is 0 Å². The molecule has 0 aliphatic rings. The molecule has 74 valence electrons. The van der Waals surface area contributed by atoms with Gasteiger partial charge in [0.15, 0.2) is 0 Å². The standard InChI is InChI=1S/C10H7N3O2/c14-10-5-8(7-2-4-15-6-7)12-9-1-3-11-13(9)10/h1-6,12H. The van der Waals surface area contributed by atoms with Gasteiger partial charge >= 0.3 is 0 Å². The predicted molar refractivity (Wildman–Crippen MR) is 53.5 cm³/mol. The van der Waals surface area contributed by atoms with E-state index in [0.717, 1.165) is 11.3 Å². The Kier molecular flexibility index (Phi) is 1.53. The highest BCUT2D eigenvalue weighted by Gasteiger charge is 2.04. The number of nitrogens with zero attached hydrogens (tertiary/aromatic N) is 2. The number of furan rings is 1. The second kappa shape index (κ2) is 2.84. The molecular formula is C10H7N3O2. The summed E-state index contributed by atoms with van der Waals surface area (Å²) in [7, 11) is 0. The van der Waals surface area contributed by atoms with Gasteiger partial charge in [0, 0.05) is 17.7 Å². The van der Waals surface area contributed by atoms with E-state index in [4.69, 9.17) is 4.42 Å². The molecule has 0 spiro atoms. The van der Waals surface area contributed by atoms with Gasteiger partial charge in [0.1, 0.15) is 5.65 Å². The van der Waals surface area contributed by atoms with Crippen molar-refractivity contribution in [2.24, 2.45) is 0 Å². The van der Waals surface area contributed by atoms with Crippen LogP contribution in [0.15, 0.2) is 46.1 Å². The van der Waals surface area contributed by atoms with E-state index >= 15 is 0 Å². The number of rotatable bonds is 1. The summed E-state index contributed by atoms with van der Waals surface area (Å²) in [4.78, 5) is 14.7. The van der Waals surface area contributed by atoms with Crippen molar-refractivity contribution in [2.75, 3.05) is 0 Å². The largest absolute Gasteiger partial charge is 0.472 e. The highest BCUT2D eigenvalue weighted by molar-refractivity contribution is 5.59. The van der Waals surface area contributed by atoms with E-state index < -0.39 is 0 Å². The van der Waals surface area contributed by atoms with Gasteiger partial charge < -0.3 is 9.40 Å². The molecular weight excluding hydrogens is 194 g/mol. The zero-order valence-corrected chi connectivity index (χ0v) is 7.68. The second-order valence-corrected chi connectivity index (χ2v) is 3.16. The Hall–Kier alpha value is -2.30. The molecule has 3 heterocycles. The lowest BCUT2D eigenvalue weighted by Gasteiger charge is -1.98. The van der Waals surface area contributed by atoms with Crippen LogP contribution in [-0.4, -0.2) is 14.6 Å². The molecule has 0 amide bonds. The molecule has 0 bridgehead atoms. The molecule has 0 fully saturated rings. The lowest BCUT2D eigenvalue weighted by atomic mass is 10.2. The van der Waals surface area contributed by atoms with E-state index in [1.807, 2.05) is 0 Å². The van der Waals surface area contributed by atoms with E-state index in [0.29, 0.717) is 5.65 Å². The molecule has 0 aliphatic heterocycles. The number of nitrogens with one attached hydrogen (secondary N) is 1. The van der Waals surface area contributed by atoms with Gasteiger partial charge in [0.05, 0.1) is 24.4 Å². The van der Waals surface area contributed by atoms with Crippen LogP contribution < -0.4 is 5.56 Å². The predicted octanol–water partition coefficient (Wildman–Crippen LogP) is 1.28. The maximum absolute atomic E-state index is 11.6. The van der Waals surface area contributed by atoms with Gasteiger partial charge in [0.2, 0.25) is 0 Å². The third-order valence-electron chi connectivity index (χ3n) is 2.21. The highest BCUT2D eigenvalue weighted by atomic mass is 16.3. The Morgan fingerprint density at radius 2 is 2.33 bits per heavy atom. The minimum absolute atomic E-state index is 0.162. The third-order valence-corrected chi connectivity index (χ3v) is 2.21. The van der Waals surface area contributed by atoms with E-state index in [9.17, 15) is 4.79 Å². The van der Waals surface area contributed by atoms with Crippen molar-refractivity contribution in [3.8, 4) is 11.3 Å². The first-order chi connectivity index (χ1) is 7.34. The lowest BCUT2D eigenvalue weighted by molar-refractivity contribution is 0.568. The van der Waals surface area contributed by atoms with Crippen molar-refractivity contribution in [2.45, 2.75) is 0 Å². The van der Waals surface area contributed by atoms with Crippen LogP contribution in [0.3, 0.4) is 0 Å². The van der Waals surface area contributed by atoms with Crippen LogP contribution in [-0.2, 0) is 0 Å². The summed E-state index contributed by atoms with van der Waals surface area (Å²) in [5.74, 6) is 0. The summed E-state index contributed by atoms with van der Waals surface area (Å²) in [6.45, 7) is 0. The van der Waals surface area contributed by atoms with Crippen LogP contribution in [0, 0.1) is 0 Å². The van der Waals surface area contributed by atoms with Crippen LogP contribution in [0.2, 0.25) is 0 Å². The molecule has 0 atom stereocenters. The van der Waals surface area contributed by atoms with Crippen molar-refractivity contribution >= 4 is 5.65 Å². The molecule has 0 aliphatic carbocycles. The van der Waals surface area contributed by atoms with Crippen molar-refractivity contribution in [1.82, 2.24) is 14.6 Å². The number of H-pyrrole nitrogens is 1. The van der Waals surface area contributed by atoms with E-state index in [2.05, 4.69) is 10.1 Å². The summed E-state index contributed by atoms with van der Waals surface area (Å²) < 4.78 is 6.27. The fourth-order valence-electron chi connectivity index (χ4n) is 1.51. The second-order valence-electron chi connectivity index (χ2n) is 3.16. The average molecular weight is 201 g/mol. The quantitative estimate of drug-likeness (QED) is 0.645. The zero-order valence-electron chi connectivity index (χ0n) is 7.68. The summed E-state index contributed by atoms with van der Waals surface area (Å²) in [6, 6.07) is 5.02.